The van der Waals surface area contributed by atoms with Gasteiger partial charge in [0.15, 0.2) is 0 Å². The number of aromatic nitrogens is 4. The van der Waals surface area contributed by atoms with Crippen LogP contribution in [0.4, 0.5) is 10.5 Å². The zero-order chi connectivity index (χ0) is 22.9. The van der Waals surface area contributed by atoms with E-state index < -0.39 is 6.03 Å². The van der Waals surface area contributed by atoms with Gasteiger partial charge in [-0.05, 0) is 41.5 Å². The second-order valence-electron chi connectivity index (χ2n) is 7.32. The fourth-order valence-corrected chi connectivity index (χ4v) is 3.83. The summed E-state index contributed by atoms with van der Waals surface area (Å²) in [5, 5.41) is 2.84. The Bertz CT molecular complexity index is 1530. The van der Waals surface area contributed by atoms with Crippen LogP contribution in [0, 0.1) is 0 Å². The predicted molar refractivity (Wildman–Crippen MR) is 129 cm³/mol. The van der Waals surface area contributed by atoms with Crippen LogP contribution in [0.5, 0.6) is 0 Å². The summed E-state index contributed by atoms with van der Waals surface area (Å²) in [4.78, 5) is 36.8. The standard InChI is InChI=1S/C24H17ClN6O2/c25-18-7-6-16(28-24(26)33)11-21(18)31-13-15(14-4-2-1-3-5-14)10-17(23(31)32)22-29-19-8-9-27-12-20(19)30-22/h1-13H,(H,29,30)(H3,26,28,33). The lowest BCUT2D eigenvalue weighted by molar-refractivity contribution is 0.259. The molecule has 2 aromatic carbocycles. The Morgan fingerprint density at radius 3 is 2.64 bits per heavy atom. The van der Waals surface area contributed by atoms with Crippen LogP contribution in [0.3, 0.4) is 0 Å². The van der Waals surface area contributed by atoms with Crippen LogP contribution in [-0.2, 0) is 0 Å². The molecule has 0 unspecified atom stereocenters. The van der Waals surface area contributed by atoms with E-state index in [1.807, 2.05) is 30.3 Å². The van der Waals surface area contributed by atoms with Crippen LogP contribution >= 0.6 is 11.6 Å². The van der Waals surface area contributed by atoms with E-state index in [0.29, 0.717) is 38.8 Å². The smallest absolute Gasteiger partial charge is 0.316 e. The average molecular weight is 457 g/mol. The Morgan fingerprint density at radius 1 is 1.06 bits per heavy atom. The normalized spacial score (nSPS) is 10.9. The van der Waals surface area contributed by atoms with E-state index in [2.05, 4.69) is 20.3 Å². The molecule has 0 saturated heterocycles. The number of benzene rings is 2. The Balaban J connectivity index is 1.77. The average Bonchev–Trinajstić information content (AvgIpc) is 3.25. The maximum Gasteiger partial charge on any atom is 0.316 e. The van der Waals surface area contributed by atoms with Crippen molar-refractivity contribution in [2.75, 3.05) is 5.32 Å². The van der Waals surface area contributed by atoms with Crippen LogP contribution in [-0.4, -0.2) is 25.6 Å². The summed E-state index contributed by atoms with van der Waals surface area (Å²) in [5.74, 6) is 0.414. The number of halogens is 1. The number of pyridine rings is 2. The third-order valence-electron chi connectivity index (χ3n) is 5.14. The SMILES string of the molecule is NC(=O)Nc1ccc(Cl)c(-n2cc(-c3ccccc3)cc(-c3nc4ccncc4[nH]3)c2=O)c1. The molecule has 0 aliphatic rings. The number of hydrogen-bond donors (Lipinski definition) is 3. The van der Waals surface area contributed by atoms with Gasteiger partial charge in [0.2, 0.25) is 0 Å². The number of amides is 2. The number of nitrogens with one attached hydrogen (secondary N) is 2. The first-order valence-corrected chi connectivity index (χ1v) is 10.4. The molecular weight excluding hydrogens is 440 g/mol. The Hall–Kier alpha value is -4.43. The number of rotatable bonds is 4. The molecule has 0 aliphatic carbocycles. The number of nitrogens with zero attached hydrogens (tertiary/aromatic N) is 3. The molecule has 0 aliphatic heterocycles. The summed E-state index contributed by atoms with van der Waals surface area (Å²) in [6, 6.07) is 17.3. The van der Waals surface area contributed by atoms with Crippen LogP contribution in [0.2, 0.25) is 5.02 Å². The summed E-state index contributed by atoms with van der Waals surface area (Å²) in [6.07, 6.45) is 5.00. The molecule has 0 atom stereocenters. The third kappa shape index (κ3) is 3.95. The zero-order valence-corrected chi connectivity index (χ0v) is 17.9. The minimum Gasteiger partial charge on any atom is -0.351 e. The van der Waals surface area contributed by atoms with Crippen molar-refractivity contribution in [3.05, 3.63) is 94.6 Å². The summed E-state index contributed by atoms with van der Waals surface area (Å²) in [6.45, 7) is 0. The van der Waals surface area contributed by atoms with Gasteiger partial charge >= 0.3 is 6.03 Å². The molecule has 0 bridgehead atoms. The number of H-pyrrole nitrogens is 1. The molecule has 0 fully saturated rings. The Labute approximate surface area is 192 Å². The molecule has 162 valence electrons. The number of anilines is 1. The lowest BCUT2D eigenvalue weighted by Crippen LogP contribution is -2.22. The molecule has 8 nitrogen and oxygen atoms in total. The molecule has 0 radical (unpaired) electrons. The minimum atomic E-state index is -0.717. The number of nitrogens with two attached hydrogens (primary N) is 1. The van der Waals surface area contributed by atoms with E-state index in [0.717, 1.165) is 11.1 Å². The van der Waals surface area contributed by atoms with Crippen molar-refractivity contribution < 1.29 is 4.79 Å². The molecular formula is C24H17ClN6O2. The summed E-state index contributed by atoms with van der Waals surface area (Å²) in [5.41, 5.74) is 9.19. The fraction of sp³-hybridized carbons (Fsp3) is 0. The second-order valence-corrected chi connectivity index (χ2v) is 7.72. The Morgan fingerprint density at radius 2 is 1.88 bits per heavy atom. The number of imidazole rings is 1. The van der Waals surface area contributed by atoms with Crippen molar-refractivity contribution in [1.82, 2.24) is 19.5 Å². The maximum absolute atomic E-state index is 13.6. The predicted octanol–water partition coefficient (Wildman–Crippen LogP) is 4.59. The number of carbonyl (C=O) groups excluding carboxylic acids is 1. The van der Waals surface area contributed by atoms with Crippen molar-refractivity contribution in [2.24, 2.45) is 5.73 Å². The van der Waals surface area contributed by atoms with Gasteiger partial charge in [0.1, 0.15) is 5.82 Å². The third-order valence-corrected chi connectivity index (χ3v) is 5.46. The zero-order valence-electron chi connectivity index (χ0n) is 17.1. The Kier molecular flexibility index (Phi) is 5.12. The van der Waals surface area contributed by atoms with Gasteiger partial charge in [-0.1, -0.05) is 41.9 Å². The van der Waals surface area contributed by atoms with Gasteiger partial charge in [0.25, 0.3) is 5.56 Å². The van der Waals surface area contributed by atoms with Crippen molar-refractivity contribution in [3.63, 3.8) is 0 Å². The maximum atomic E-state index is 13.6. The monoisotopic (exact) mass is 456 g/mol. The molecule has 2 amide bonds. The highest BCUT2D eigenvalue weighted by Crippen LogP contribution is 2.28. The van der Waals surface area contributed by atoms with E-state index in [-0.39, 0.29) is 5.56 Å². The largest absolute Gasteiger partial charge is 0.351 e. The topological polar surface area (TPSA) is 119 Å². The summed E-state index contributed by atoms with van der Waals surface area (Å²) in [7, 11) is 0. The first-order valence-electron chi connectivity index (χ1n) is 9.98. The molecule has 3 aromatic heterocycles. The van der Waals surface area contributed by atoms with Crippen LogP contribution in [0.25, 0.3) is 39.2 Å². The lowest BCUT2D eigenvalue weighted by atomic mass is 10.1. The second kappa shape index (κ2) is 8.25. The molecule has 5 aromatic rings. The van der Waals surface area contributed by atoms with E-state index in [1.54, 1.807) is 48.9 Å². The number of aromatic amines is 1. The van der Waals surface area contributed by atoms with Gasteiger partial charge in [-0.25, -0.2) is 9.78 Å². The molecule has 0 spiro atoms. The number of hydrogen-bond acceptors (Lipinski definition) is 4. The van der Waals surface area contributed by atoms with E-state index in [9.17, 15) is 9.59 Å². The number of fused-ring (bicyclic) bond motifs is 1. The van der Waals surface area contributed by atoms with Crippen LogP contribution < -0.4 is 16.6 Å². The number of urea groups is 1. The van der Waals surface area contributed by atoms with Gasteiger partial charge in [-0.2, -0.15) is 0 Å². The highest BCUT2D eigenvalue weighted by atomic mass is 35.5. The highest BCUT2D eigenvalue weighted by molar-refractivity contribution is 6.32. The molecule has 4 N–H and O–H groups in total. The van der Waals surface area contributed by atoms with E-state index >= 15 is 0 Å². The molecule has 5 rings (SSSR count). The van der Waals surface area contributed by atoms with Crippen molar-refractivity contribution in [3.8, 4) is 28.2 Å². The van der Waals surface area contributed by atoms with Crippen LogP contribution in [0.15, 0.2) is 84.0 Å². The number of carbonyl (C=O) groups is 1. The lowest BCUT2D eigenvalue weighted by Gasteiger charge is -2.14. The first kappa shape index (κ1) is 20.5. The minimum absolute atomic E-state index is 0.331. The molecule has 33 heavy (non-hydrogen) atoms. The van der Waals surface area contributed by atoms with E-state index in [4.69, 9.17) is 17.3 Å². The van der Waals surface area contributed by atoms with Crippen molar-refractivity contribution >= 4 is 34.4 Å². The number of primary amides is 1. The molecule has 9 heteroatoms. The molecule has 0 saturated carbocycles. The van der Waals surface area contributed by atoms with Gasteiger partial charge in [-0.15, -0.1) is 0 Å². The van der Waals surface area contributed by atoms with Gasteiger partial charge < -0.3 is 16.0 Å². The highest BCUT2D eigenvalue weighted by Gasteiger charge is 2.17. The van der Waals surface area contributed by atoms with Gasteiger partial charge in [0, 0.05) is 18.1 Å². The first-order chi connectivity index (χ1) is 16.0. The van der Waals surface area contributed by atoms with Crippen molar-refractivity contribution in [2.45, 2.75) is 0 Å². The van der Waals surface area contributed by atoms with Crippen LogP contribution in [0.1, 0.15) is 0 Å². The summed E-state index contributed by atoms with van der Waals surface area (Å²) >= 11 is 6.46. The summed E-state index contributed by atoms with van der Waals surface area (Å²) < 4.78 is 1.44. The van der Waals surface area contributed by atoms with E-state index in [1.165, 1.54) is 4.57 Å². The fourth-order valence-electron chi connectivity index (χ4n) is 3.62. The molecule has 3 heterocycles. The quantitative estimate of drug-likeness (QED) is 0.366. The van der Waals surface area contributed by atoms with Crippen molar-refractivity contribution in [1.29, 1.82) is 0 Å². The van der Waals surface area contributed by atoms with Gasteiger partial charge in [-0.3, -0.25) is 14.3 Å². The van der Waals surface area contributed by atoms with Gasteiger partial charge in [0.05, 0.1) is 33.5 Å².